The average Bonchev–Trinajstić information content (AvgIpc) is 2.76. The number of hydrogen-bond acceptors (Lipinski definition) is 6. The molecule has 1 heterocycles. The fraction of sp³-hybridized carbons (Fsp3) is 0.0400. The summed E-state index contributed by atoms with van der Waals surface area (Å²) in [6.45, 7) is 1.86. The predicted molar refractivity (Wildman–Crippen MR) is 118 cm³/mol. The minimum atomic E-state index is 0.171. The number of aromatic nitrogens is 2. The summed E-state index contributed by atoms with van der Waals surface area (Å²) in [5.41, 5.74) is 0.770. The Labute approximate surface area is 178 Å². The lowest BCUT2D eigenvalue weighted by Gasteiger charge is -2.11. The van der Waals surface area contributed by atoms with Crippen LogP contribution >= 0.6 is 0 Å². The molecular formula is C25H18N2O4. The summed E-state index contributed by atoms with van der Waals surface area (Å²) in [5, 5.41) is 22.9. The highest BCUT2D eigenvalue weighted by Crippen LogP contribution is 2.30. The number of aryl methyl sites for hydroxylation is 1. The van der Waals surface area contributed by atoms with E-state index in [0.29, 0.717) is 17.4 Å². The number of ether oxygens (including phenoxy) is 2. The van der Waals surface area contributed by atoms with Gasteiger partial charge in [-0.1, -0.05) is 24.3 Å². The van der Waals surface area contributed by atoms with Gasteiger partial charge in [0.1, 0.15) is 23.0 Å². The highest BCUT2D eigenvalue weighted by molar-refractivity contribution is 5.86. The van der Waals surface area contributed by atoms with E-state index < -0.39 is 0 Å². The molecule has 0 aliphatic rings. The fourth-order valence-corrected chi connectivity index (χ4v) is 3.33. The lowest BCUT2D eigenvalue weighted by atomic mass is 10.1. The first-order valence-electron chi connectivity index (χ1n) is 9.68. The SMILES string of the molecule is Cc1cnc(Oc2ccc3cc(O)ccc3c2)nc1Oc1ccc2cc(O)ccc2c1. The van der Waals surface area contributed by atoms with E-state index in [-0.39, 0.29) is 17.5 Å². The maximum atomic E-state index is 9.62. The van der Waals surface area contributed by atoms with Crippen LogP contribution in [0.15, 0.2) is 79.0 Å². The summed E-state index contributed by atoms with van der Waals surface area (Å²) in [7, 11) is 0. The first kappa shape index (κ1) is 18.7. The van der Waals surface area contributed by atoms with Crippen molar-refractivity contribution in [1.29, 1.82) is 0 Å². The minimum absolute atomic E-state index is 0.171. The molecule has 0 atom stereocenters. The van der Waals surface area contributed by atoms with Gasteiger partial charge in [0.25, 0.3) is 0 Å². The molecular weight excluding hydrogens is 392 g/mol. The van der Waals surface area contributed by atoms with Crippen LogP contribution in [0, 0.1) is 6.92 Å². The van der Waals surface area contributed by atoms with Crippen LogP contribution in [0.25, 0.3) is 21.5 Å². The molecule has 0 spiro atoms. The molecule has 0 bridgehead atoms. The smallest absolute Gasteiger partial charge is 0.325 e. The van der Waals surface area contributed by atoms with Gasteiger partial charge in [-0.2, -0.15) is 4.98 Å². The minimum Gasteiger partial charge on any atom is -0.508 e. The van der Waals surface area contributed by atoms with E-state index in [4.69, 9.17) is 9.47 Å². The zero-order valence-electron chi connectivity index (χ0n) is 16.6. The number of fused-ring (bicyclic) bond motifs is 2. The molecule has 6 heteroatoms. The van der Waals surface area contributed by atoms with E-state index in [1.807, 2.05) is 49.4 Å². The van der Waals surface area contributed by atoms with Crippen molar-refractivity contribution in [2.45, 2.75) is 6.92 Å². The summed E-state index contributed by atoms with van der Waals surface area (Å²) < 4.78 is 11.8. The van der Waals surface area contributed by atoms with Gasteiger partial charge in [-0.25, -0.2) is 4.98 Å². The van der Waals surface area contributed by atoms with Crippen molar-refractivity contribution < 1.29 is 19.7 Å². The van der Waals surface area contributed by atoms with Gasteiger partial charge in [0, 0.05) is 11.8 Å². The Morgan fingerprint density at radius 2 is 1.16 bits per heavy atom. The van der Waals surface area contributed by atoms with E-state index in [2.05, 4.69) is 9.97 Å². The van der Waals surface area contributed by atoms with Gasteiger partial charge < -0.3 is 19.7 Å². The quantitative estimate of drug-likeness (QED) is 0.373. The molecule has 0 unspecified atom stereocenters. The molecule has 0 saturated heterocycles. The molecule has 31 heavy (non-hydrogen) atoms. The Morgan fingerprint density at radius 3 is 1.77 bits per heavy atom. The van der Waals surface area contributed by atoms with Crippen molar-refractivity contribution >= 4 is 21.5 Å². The van der Waals surface area contributed by atoms with E-state index in [9.17, 15) is 10.2 Å². The molecule has 2 N–H and O–H groups in total. The lowest BCUT2D eigenvalue weighted by molar-refractivity contribution is 0.409. The number of nitrogens with zero attached hydrogens (tertiary/aromatic N) is 2. The third kappa shape index (κ3) is 3.91. The Morgan fingerprint density at radius 1 is 0.645 bits per heavy atom. The molecule has 152 valence electrons. The molecule has 0 radical (unpaired) electrons. The van der Waals surface area contributed by atoms with Crippen molar-refractivity contribution in [2.75, 3.05) is 0 Å². The van der Waals surface area contributed by atoms with E-state index >= 15 is 0 Å². The highest BCUT2D eigenvalue weighted by Gasteiger charge is 2.10. The maximum Gasteiger partial charge on any atom is 0.325 e. The number of hydrogen-bond donors (Lipinski definition) is 2. The van der Waals surface area contributed by atoms with Crippen LogP contribution < -0.4 is 9.47 Å². The molecule has 0 fully saturated rings. The van der Waals surface area contributed by atoms with Gasteiger partial charge >= 0.3 is 6.01 Å². The van der Waals surface area contributed by atoms with Crippen LogP contribution in [-0.4, -0.2) is 20.2 Å². The molecule has 1 aromatic heterocycles. The summed E-state index contributed by atoms with van der Waals surface area (Å²) >= 11 is 0. The second-order valence-corrected chi connectivity index (χ2v) is 7.23. The Kier molecular flexibility index (Phi) is 4.52. The monoisotopic (exact) mass is 410 g/mol. The Hall–Kier alpha value is -4.32. The number of benzene rings is 4. The second kappa shape index (κ2) is 7.50. The van der Waals surface area contributed by atoms with Crippen LogP contribution in [0.2, 0.25) is 0 Å². The van der Waals surface area contributed by atoms with Crippen LogP contribution in [0.5, 0.6) is 34.9 Å². The summed E-state index contributed by atoms with van der Waals surface area (Å²) in [6, 6.07) is 21.6. The van der Waals surface area contributed by atoms with Crippen molar-refractivity contribution in [3.63, 3.8) is 0 Å². The van der Waals surface area contributed by atoms with Gasteiger partial charge in [0.05, 0.1) is 0 Å². The number of aromatic hydroxyl groups is 2. The summed E-state index contributed by atoms with van der Waals surface area (Å²) in [5.74, 6) is 2.04. The van der Waals surface area contributed by atoms with Gasteiger partial charge in [0.15, 0.2) is 0 Å². The van der Waals surface area contributed by atoms with Crippen molar-refractivity contribution in [2.24, 2.45) is 0 Å². The topological polar surface area (TPSA) is 84.7 Å². The lowest BCUT2D eigenvalue weighted by Crippen LogP contribution is -1.97. The summed E-state index contributed by atoms with van der Waals surface area (Å²) in [4.78, 5) is 8.66. The van der Waals surface area contributed by atoms with Crippen molar-refractivity contribution in [3.8, 4) is 34.9 Å². The van der Waals surface area contributed by atoms with Crippen LogP contribution in [0.3, 0.4) is 0 Å². The van der Waals surface area contributed by atoms with Gasteiger partial charge in [-0.05, 0) is 77.0 Å². The van der Waals surface area contributed by atoms with Gasteiger partial charge in [-0.15, -0.1) is 0 Å². The highest BCUT2D eigenvalue weighted by atomic mass is 16.5. The Bertz CT molecular complexity index is 1430. The summed E-state index contributed by atoms with van der Waals surface area (Å²) in [6.07, 6.45) is 1.65. The molecule has 4 aromatic carbocycles. The van der Waals surface area contributed by atoms with Crippen LogP contribution in [-0.2, 0) is 0 Å². The van der Waals surface area contributed by atoms with E-state index in [0.717, 1.165) is 27.1 Å². The molecule has 0 amide bonds. The van der Waals surface area contributed by atoms with Crippen molar-refractivity contribution in [3.05, 3.63) is 84.6 Å². The largest absolute Gasteiger partial charge is 0.508 e. The third-order valence-electron chi connectivity index (χ3n) is 4.92. The zero-order chi connectivity index (χ0) is 21.4. The molecule has 0 saturated carbocycles. The first-order valence-corrected chi connectivity index (χ1v) is 9.68. The molecule has 6 nitrogen and oxygen atoms in total. The van der Waals surface area contributed by atoms with Crippen LogP contribution in [0.4, 0.5) is 0 Å². The average molecular weight is 410 g/mol. The fourth-order valence-electron chi connectivity index (χ4n) is 3.33. The van der Waals surface area contributed by atoms with Gasteiger partial charge in [0.2, 0.25) is 5.88 Å². The van der Waals surface area contributed by atoms with Gasteiger partial charge in [-0.3, -0.25) is 0 Å². The molecule has 0 aliphatic carbocycles. The Balaban J connectivity index is 1.41. The molecule has 0 aliphatic heterocycles. The normalized spacial score (nSPS) is 11.0. The molecule has 5 aromatic rings. The number of rotatable bonds is 4. The van der Waals surface area contributed by atoms with Crippen molar-refractivity contribution in [1.82, 2.24) is 9.97 Å². The number of phenolic OH excluding ortho intramolecular Hbond substituents is 2. The molecule has 5 rings (SSSR count). The van der Waals surface area contributed by atoms with E-state index in [1.165, 1.54) is 0 Å². The maximum absolute atomic E-state index is 9.62. The first-order chi connectivity index (χ1) is 15.0. The third-order valence-corrected chi connectivity index (χ3v) is 4.92. The number of phenols is 2. The van der Waals surface area contributed by atoms with E-state index in [1.54, 1.807) is 36.5 Å². The second-order valence-electron chi connectivity index (χ2n) is 7.23. The van der Waals surface area contributed by atoms with Crippen LogP contribution in [0.1, 0.15) is 5.56 Å². The predicted octanol–water partition coefficient (Wildman–Crippen LogP) is 6.09. The standard InChI is InChI=1S/C25H18N2O4/c1-15-14-26-25(31-23-9-5-17-11-21(29)7-3-19(17)13-23)27-24(15)30-22-8-4-16-10-20(28)6-2-18(16)12-22/h2-14,28-29H,1H3. The zero-order valence-corrected chi connectivity index (χ0v) is 16.6.